The summed E-state index contributed by atoms with van der Waals surface area (Å²) in [5.74, 6) is 1.93. The van der Waals surface area contributed by atoms with Crippen LogP contribution in [0.5, 0.6) is 0 Å². The first-order valence-corrected chi connectivity index (χ1v) is 19.6. The molecule has 0 aliphatic carbocycles. The molecule has 58 heavy (non-hydrogen) atoms. The average Bonchev–Trinajstić information content (AvgIpc) is 3.85. The van der Waals surface area contributed by atoms with Gasteiger partial charge in [0.1, 0.15) is 0 Å². The number of aromatic nitrogens is 5. The third kappa shape index (κ3) is 5.07. The molecule has 0 bridgehead atoms. The Bertz CT molecular complexity index is 3510. The van der Waals surface area contributed by atoms with Gasteiger partial charge in [0.2, 0.25) is 0 Å². The third-order valence-corrected chi connectivity index (χ3v) is 11.5. The lowest BCUT2D eigenvalue weighted by molar-refractivity contribution is 1.07. The van der Waals surface area contributed by atoms with Gasteiger partial charge in [0.25, 0.3) is 0 Å². The lowest BCUT2D eigenvalue weighted by Crippen LogP contribution is -2.00. The van der Waals surface area contributed by atoms with Crippen LogP contribution in [0.4, 0.5) is 0 Å². The van der Waals surface area contributed by atoms with E-state index in [1.54, 1.807) is 0 Å². The highest BCUT2D eigenvalue weighted by Gasteiger charge is 2.19. The Hall–Kier alpha value is -7.89. The molecule has 0 amide bonds. The number of pyridine rings is 1. The van der Waals surface area contributed by atoms with Crippen molar-refractivity contribution < 1.29 is 0 Å². The second-order valence-corrected chi connectivity index (χ2v) is 14.9. The molecule has 4 aromatic heterocycles. The predicted octanol–water partition coefficient (Wildman–Crippen LogP) is 13.3. The Morgan fingerprint density at radius 2 is 0.759 bits per heavy atom. The minimum atomic E-state index is 0.636. The summed E-state index contributed by atoms with van der Waals surface area (Å²) in [7, 11) is 0. The number of hydrogen-bond acceptors (Lipinski definition) is 3. The van der Waals surface area contributed by atoms with E-state index < -0.39 is 0 Å². The van der Waals surface area contributed by atoms with Gasteiger partial charge in [-0.15, -0.1) is 0 Å². The standard InChI is InChI=1S/C53H33N5/c1-3-15-34(16-4-1)51-54-52(35-17-5-2-6-18-35)56-53(55-51)39-22-13-20-36(29-39)37-21-14-23-40(30-37)57-47-28-12-10-26-43(47)45-33-50-44(32-49(45)57)41-24-8-9-25-42(41)48-31-38-19-7-11-27-46(38)58(48)50/h1-33H. The number of hydrogen-bond donors (Lipinski definition) is 0. The zero-order valence-corrected chi connectivity index (χ0v) is 31.3. The van der Waals surface area contributed by atoms with Crippen LogP contribution in [0.2, 0.25) is 0 Å². The highest BCUT2D eigenvalue weighted by molar-refractivity contribution is 6.21. The van der Waals surface area contributed by atoms with Crippen molar-refractivity contribution >= 4 is 59.9 Å². The first kappa shape index (κ1) is 32.4. The minimum absolute atomic E-state index is 0.636. The first-order chi connectivity index (χ1) is 28.7. The molecule has 0 spiro atoms. The van der Waals surface area contributed by atoms with Crippen LogP contribution in [0.1, 0.15) is 0 Å². The maximum absolute atomic E-state index is 5.01. The number of benzene rings is 8. The molecule has 270 valence electrons. The van der Waals surface area contributed by atoms with Crippen LogP contribution in [-0.4, -0.2) is 23.9 Å². The number of nitrogens with zero attached hydrogens (tertiary/aromatic N) is 5. The molecule has 0 unspecified atom stereocenters. The van der Waals surface area contributed by atoms with Gasteiger partial charge in [-0.05, 0) is 65.0 Å². The van der Waals surface area contributed by atoms with E-state index in [0.29, 0.717) is 17.5 Å². The molecular weight excluding hydrogens is 707 g/mol. The molecule has 0 radical (unpaired) electrons. The van der Waals surface area contributed by atoms with Crippen molar-refractivity contribution in [2.75, 3.05) is 0 Å². The second-order valence-electron chi connectivity index (χ2n) is 14.9. The Morgan fingerprint density at radius 3 is 1.48 bits per heavy atom. The van der Waals surface area contributed by atoms with Crippen molar-refractivity contribution in [3.05, 3.63) is 200 Å². The van der Waals surface area contributed by atoms with E-state index in [2.05, 4.69) is 148 Å². The molecule has 0 saturated carbocycles. The fourth-order valence-corrected chi connectivity index (χ4v) is 8.84. The fraction of sp³-hybridized carbons (Fsp3) is 0. The SMILES string of the molecule is c1ccc(-c2nc(-c3ccccc3)nc(-c3cccc(-c4cccc(-n5c6ccccc6c6cc7c(cc65)c5ccccc5c5cc6ccccc6n57)c4)c3)n2)cc1. The monoisotopic (exact) mass is 739 g/mol. The van der Waals surface area contributed by atoms with Crippen molar-refractivity contribution in [2.24, 2.45) is 0 Å². The van der Waals surface area contributed by atoms with E-state index >= 15 is 0 Å². The quantitative estimate of drug-likeness (QED) is 0.165. The normalized spacial score (nSPS) is 11.8. The summed E-state index contributed by atoms with van der Waals surface area (Å²) in [6, 6.07) is 71.1. The number of rotatable bonds is 5. The Morgan fingerprint density at radius 1 is 0.276 bits per heavy atom. The van der Waals surface area contributed by atoms with Crippen molar-refractivity contribution in [1.82, 2.24) is 23.9 Å². The summed E-state index contributed by atoms with van der Waals surface area (Å²) in [5, 5.41) is 7.42. The van der Waals surface area contributed by atoms with Crippen LogP contribution in [0.15, 0.2) is 200 Å². The summed E-state index contributed by atoms with van der Waals surface area (Å²) < 4.78 is 4.87. The van der Waals surface area contributed by atoms with Crippen LogP contribution in [0.3, 0.4) is 0 Å². The van der Waals surface area contributed by atoms with Gasteiger partial charge >= 0.3 is 0 Å². The van der Waals surface area contributed by atoms with Gasteiger partial charge in [0, 0.05) is 49.3 Å². The van der Waals surface area contributed by atoms with E-state index in [-0.39, 0.29) is 0 Å². The summed E-state index contributed by atoms with van der Waals surface area (Å²) in [5.41, 5.74) is 12.1. The molecule has 0 saturated heterocycles. The summed E-state index contributed by atoms with van der Waals surface area (Å²) >= 11 is 0. The smallest absolute Gasteiger partial charge is 0.164 e. The molecule has 12 aromatic rings. The lowest BCUT2D eigenvalue weighted by Gasteiger charge is -2.13. The molecular formula is C53H33N5. The largest absolute Gasteiger partial charge is 0.309 e. The molecule has 8 aromatic carbocycles. The lowest BCUT2D eigenvalue weighted by atomic mass is 10.0. The summed E-state index contributed by atoms with van der Waals surface area (Å²) in [6.07, 6.45) is 0. The van der Waals surface area contributed by atoms with Crippen molar-refractivity contribution in [2.45, 2.75) is 0 Å². The van der Waals surface area contributed by atoms with Crippen molar-refractivity contribution in [1.29, 1.82) is 0 Å². The maximum Gasteiger partial charge on any atom is 0.164 e. The highest BCUT2D eigenvalue weighted by Crippen LogP contribution is 2.40. The van der Waals surface area contributed by atoms with Crippen molar-refractivity contribution in [3.8, 4) is 51.0 Å². The molecule has 4 heterocycles. The molecule has 0 aliphatic heterocycles. The zero-order valence-electron chi connectivity index (χ0n) is 31.3. The maximum atomic E-state index is 5.01. The Kier molecular flexibility index (Phi) is 7.16. The topological polar surface area (TPSA) is 48.0 Å². The van der Waals surface area contributed by atoms with Crippen molar-refractivity contribution in [3.63, 3.8) is 0 Å². The molecule has 0 atom stereocenters. The van der Waals surface area contributed by atoms with Gasteiger partial charge in [-0.3, -0.25) is 0 Å². The third-order valence-electron chi connectivity index (χ3n) is 11.5. The van der Waals surface area contributed by atoms with Gasteiger partial charge in [-0.25, -0.2) is 15.0 Å². The number of fused-ring (bicyclic) bond motifs is 11. The summed E-state index contributed by atoms with van der Waals surface area (Å²) in [6.45, 7) is 0. The highest BCUT2D eigenvalue weighted by atomic mass is 15.0. The van der Waals surface area contributed by atoms with Gasteiger partial charge in [-0.1, -0.05) is 152 Å². The second kappa shape index (κ2) is 12.8. The zero-order chi connectivity index (χ0) is 38.2. The van der Waals surface area contributed by atoms with E-state index in [9.17, 15) is 0 Å². The van der Waals surface area contributed by atoms with Gasteiger partial charge in [0.05, 0.1) is 27.6 Å². The van der Waals surface area contributed by atoms with Gasteiger partial charge in [-0.2, -0.15) is 0 Å². The Labute approximate surface area is 333 Å². The Balaban J connectivity index is 1.04. The van der Waals surface area contributed by atoms with E-state index in [0.717, 1.165) is 33.5 Å². The van der Waals surface area contributed by atoms with E-state index in [1.807, 2.05) is 60.7 Å². The molecule has 12 rings (SSSR count). The number of para-hydroxylation sites is 2. The molecule has 5 nitrogen and oxygen atoms in total. The van der Waals surface area contributed by atoms with Crippen LogP contribution >= 0.6 is 0 Å². The van der Waals surface area contributed by atoms with Gasteiger partial charge < -0.3 is 8.97 Å². The summed E-state index contributed by atoms with van der Waals surface area (Å²) in [4.78, 5) is 14.9. The predicted molar refractivity (Wildman–Crippen MR) is 239 cm³/mol. The first-order valence-electron chi connectivity index (χ1n) is 19.6. The minimum Gasteiger partial charge on any atom is -0.309 e. The van der Waals surface area contributed by atoms with Gasteiger partial charge in [0.15, 0.2) is 17.5 Å². The fourth-order valence-electron chi connectivity index (χ4n) is 8.84. The molecule has 5 heteroatoms. The van der Waals surface area contributed by atoms with E-state index in [4.69, 9.17) is 15.0 Å². The van der Waals surface area contributed by atoms with Crippen LogP contribution in [-0.2, 0) is 0 Å². The van der Waals surface area contributed by atoms with Crippen LogP contribution in [0.25, 0.3) is 111 Å². The molecule has 0 N–H and O–H groups in total. The average molecular weight is 740 g/mol. The van der Waals surface area contributed by atoms with Crippen LogP contribution in [0, 0.1) is 0 Å². The van der Waals surface area contributed by atoms with E-state index in [1.165, 1.54) is 59.9 Å². The van der Waals surface area contributed by atoms with Crippen LogP contribution < -0.4 is 0 Å². The molecule has 0 aliphatic rings. The molecule has 0 fully saturated rings.